The van der Waals surface area contributed by atoms with E-state index in [0.29, 0.717) is 11.1 Å². The first-order valence-corrected chi connectivity index (χ1v) is 8.47. The van der Waals surface area contributed by atoms with Crippen LogP contribution >= 0.6 is 0 Å². The second-order valence-corrected chi connectivity index (χ2v) is 6.96. The summed E-state index contributed by atoms with van der Waals surface area (Å²) >= 11 is 0. The number of hydrogen-bond donors (Lipinski definition) is 0. The van der Waals surface area contributed by atoms with Crippen molar-refractivity contribution in [3.63, 3.8) is 0 Å². The molecular weight excluding hydrogens is 304 g/mol. The number of likely N-dealkylation sites (tertiary alicyclic amines) is 1. The van der Waals surface area contributed by atoms with Crippen molar-refractivity contribution in [1.82, 2.24) is 4.90 Å². The SMILES string of the molecule is COC1C=C2C(=NC(=O)C(C#N)=C2N2CCC3(CCC3)CC2)C=N1. The van der Waals surface area contributed by atoms with E-state index in [1.54, 1.807) is 13.3 Å². The molecule has 4 aliphatic rings. The summed E-state index contributed by atoms with van der Waals surface area (Å²) in [4.78, 5) is 22.7. The monoisotopic (exact) mass is 324 g/mol. The number of carbonyl (C=O) groups excluding carboxylic acids is 1. The van der Waals surface area contributed by atoms with Crippen molar-refractivity contribution < 1.29 is 9.53 Å². The zero-order valence-corrected chi connectivity index (χ0v) is 13.8. The van der Waals surface area contributed by atoms with Gasteiger partial charge in [0.25, 0.3) is 5.91 Å². The fourth-order valence-electron chi connectivity index (χ4n) is 4.11. The summed E-state index contributed by atoms with van der Waals surface area (Å²) in [5.41, 5.74) is 2.70. The van der Waals surface area contributed by atoms with Crippen LogP contribution in [-0.4, -0.2) is 49.2 Å². The molecule has 1 spiro atoms. The number of amides is 1. The number of fused-ring (bicyclic) bond motifs is 1. The van der Waals surface area contributed by atoms with E-state index in [4.69, 9.17) is 4.74 Å². The van der Waals surface area contributed by atoms with E-state index in [-0.39, 0.29) is 5.57 Å². The van der Waals surface area contributed by atoms with E-state index in [9.17, 15) is 10.1 Å². The molecule has 1 atom stereocenters. The lowest BCUT2D eigenvalue weighted by Gasteiger charge is -2.49. The molecule has 6 heteroatoms. The molecule has 2 fully saturated rings. The zero-order chi connectivity index (χ0) is 16.7. The van der Waals surface area contributed by atoms with E-state index in [1.807, 2.05) is 6.08 Å². The lowest BCUT2D eigenvalue weighted by molar-refractivity contribution is -0.114. The van der Waals surface area contributed by atoms with Crippen LogP contribution in [0.25, 0.3) is 0 Å². The maximum absolute atomic E-state index is 12.3. The number of piperidine rings is 1. The van der Waals surface area contributed by atoms with Gasteiger partial charge in [-0.2, -0.15) is 5.26 Å². The van der Waals surface area contributed by atoms with Crippen LogP contribution in [-0.2, 0) is 9.53 Å². The molecule has 124 valence electrons. The van der Waals surface area contributed by atoms with Gasteiger partial charge in [0.2, 0.25) is 0 Å². The summed E-state index contributed by atoms with van der Waals surface area (Å²) in [7, 11) is 1.59. The standard InChI is InChI=1S/C18H20N4O2/c1-24-15-9-12-14(11-20-15)21-17(23)13(10-19)16(12)22-7-5-18(6-8-22)3-2-4-18/h9,11,15H,2-8H2,1H3. The average molecular weight is 324 g/mol. The second kappa shape index (κ2) is 5.67. The highest BCUT2D eigenvalue weighted by Gasteiger charge is 2.42. The third-order valence-electron chi connectivity index (χ3n) is 5.76. The van der Waals surface area contributed by atoms with Gasteiger partial charge in [-0.3, -0.25) is 9.79 Å². The van der Waals surface area contributed by atoms with E-state index in [2.05, 4.69) is 21.0 Å². The average Bonchev–Trinajstić information content (AvgIpc) is 2.59. The van der Waals surface area contributed by atoms with Gasteiger partial charge in [0.15, 0.2) is 6.23 Å². The Bertz CT molecular complexity index is 739. The van der Waals surface area contributed by atoms with Crippen molar-refractivity contribution in [3.05, 3.63) is 22.9 Å². The van der Waals surface area contributed by atoms with Crippen LogP contribution < -0.4 is 0 Å². The summed E-state index contributed by atoms with van der Waals surface area (Å²) in [6, 6.07) is 2.07. The molecule has 3 heterocycles. The van der Waals surface area contributed by atoms with Crippen molar-refractivity contribution in [2.75, 3.05) is 20.2 Å². The third kappa shape index (κ3) is 2.31. The Hall–Kier alpha value is -2.26. The third-order valence-corrected chi connectivity index (χ3v) is 5.76. The fraction of sp³-hybridized carbons (Fsp3) is 0.556. The van der Waals surface area contributed by atoms with Crippen LogP contribution in [0.5, 0.6) is 0 Å². The molecule has 0 aromatic rings. The normalized spacial score (nSPS) is 28.1. The van der Waals surface area contributed by atoms with Crippen LogP contribution in [0.3, 0.4) is 0 Å². The molecule has 1 amide bonds. The van der Waals surface area contributed by atoms with Gasteiger partial charge >= 0.3 is 0 Å². The van der Waals surface area contributed by atoms with Crippen molar-refractivity contribution in [2.45, 2.75) is 38.3 Å². The number of nitrogens with zero attached hydrogens (tertiary/aromatic N) is 4. The summed E-state index contributed by atoms with van der Waals surface area (Å²) in [6.07, 6.45) is 9.26. The molecule has 6 nitrogen and oxygen atoms in total. The first-order chi connectivity index (χ1) is 11.7. The number of ether oxygens (including phenoxy) is 1. The van der Waals surface area contributed by atoms with Gasteiger partial charge in [0.05, 0.1) is 17.6 Å². The lowest BCUT2D eigenvalue weighted by atomic mass is 9.63. The van der Waals surface area contributed by atoms with Crippen molar-refractivity contribution in [1.29, 1.82) is 5.26 Å². The topological polar surface area (TPSA) is 78.0 Å². The number of rotatable bonds is 2. The minimum absolute atomic E-state index is 0.139. The van der Waals surface area contributed by atoms with Gasteiger partial charge in [-0.25, -0.2) is 4.99 Å². The number of methoxy groups -OCH3 is 1. The Balaban J connectivity index is 1.69. The predicted octanol–water partition coefficient (Wildman–Crippen LogP) is 1.99. The molecule has 0 aromatic carbocycles. The quantitative estimate of drug-likeness (QED) is 0.778. The molecule has 0 aromatic heterocycles. The largest absolute Gasteiger partial charge is 0.370 e. The van der Waals surface area contributed by atoms with Gasteiger partial charge in [-0.15, -0.1) is 0 Å². The molecule has 0 bridgehead atoms. The highest BCUT2D eigenvalue weighted by atomic mass is 16.5. The molecule has 1 saturated heterocycles. The maximum Gasteiger partial charge on any atom is 0.290 e. The van der Waals surface area contributed by atoms with Crippen LogP contribution in [0.15, 0.2) is 32.9 Å². The van der Waals surface area contributed by atoms with Crippen LogP contribution in [0.4, 0.5) is 0 Å². The zero-order valence-electron chi connectivity index (χ0n) is 13.8. The number of hydrogen-bond acceptors (Lipinski definition) is 5. The van der Waals surface area contributed by atoms with Crippen LogP contribution in [0.1, 0.15) is 32.1 Å². The van der Waals surface area contributed by atoms with Crippen molar-refractivity contribution >= 4 is 17.8 Å². The van der Waals surface area contributed by atoms with Crippen LogP contribution in [0, 0.1) is 16.7 Å². The molecule has 4 rings (SSSR count). The minimum atomic E-state index is -0.467. The van der Waals surface area contributed by atoms with Crippen molar-refractivity contribution in [3.8, 4) is 6.07 Å². The maximum atomic E-state index is 12.3. The number of carbonyl (C=O) groups is 1. The Labute approximate surface area is 141 Å². The summed E-state index contributed by atoms with van der Waals surface area (Å²) < 4.78 is 5.29. The lowest BCUT2D eigenvalue weighted by Crippen LogP contribution is -2.45. The van der Waals surface area contributed by atoms with E-state index >= 15 is 0 Å². The van der Waals surface area contributed by atoms with E-state index < -0.39 is 12.1 Å². The second-order valence-electron chi connectivity index (χ2n) is 6.96. The molecule has 1 saturated carbocycles. The molecule has 3 aliphatic heterocycles. The number of allylic oxidation sites excluding steroid dienone is 1. The number of nitriles is 1. The molecule has 0 radical (unpaired) electrons. The number of aliphatic imine (C=N–C) groups is 2. The predicted molar refractivity (Wildman–Crippen MR) is 89.5 cm³/mol. The van der Waals surface area contributed by atoms with Crippen molar-refractivity contribution in [2.24, 2.45) is 15.4 Å². The highest BCUT2D eigenvalue weighted by molar-refractivity contribution is 6.43. The van der Waals surface area contributed by atoms with Gasteiger partial charge < -0.3 is 9.64 Å². The molecule has 24 heavy (non-hydrogen) atoms. The molecular formula is C18H20N4O2. The Morgan fingerprint density at radius 3 is 2.67 bits per heavy atom. The minimum Gasteiger partial charge on any atom is -0.370 e. The molecule has 1 unspecified atom stereocenters. The van der Waals surface area contributed by atoms with Gasteiger partial charge in [0, 0.05) is 25.8 Å². The fourth-order valence-corrected chi connectivity index (χ4v) is 4.11. The Kier molecular flexibility index (Phi) is 3.61. The van der Waals surface area contributed by atoms with E-state index in [1.165, 1.54) is 19.3 Å². The van der Waals surface area contributed by atoms with Gasteiger partial charge in [0.1, 0.15) is 11.6 Å². The first-order valence-electron chi connectivity index (χ1n) is 8.47. The molecule has 1 aliphatic carbocycles. The smallest absolute Gasteiger partial charge is 0.290 e. The summed E-state index contributed by atoms with van der Waals surface area (Å²) in [5.74, 6) is -0.467. The Morgan fingerprint density at radius 1 is 1.33 bits per heavy atom. The van der Waals surface area contributed by atoms with Gasteiger partial charge in [-0.1, -0.05) is 6.42 Å². The highest BCUT2D eigenvalue weighted by Crippen LogP contribution is 2.49. The molecule has 0 N–H and O–H groups in total. The van der Waals surface area contributed by atoms with E-state index in [0.717, 1.165) is 37.2 Å². The number of dihydropyridines is 2. The Morgan fingerprint density at radius 2 is 2.08 bits per heavy atom. The summed E-state index contributed by atoms with van der Waals surface area (Å²) in [6.45, 7) is 1.76. The first kappa shape index (κ1) is 15.3. The van der Waals surface area contributed by atoms with Crippen LogP contribution in [0.2, 0.25) is 0 Å². The summed E-state index contributed by atoms with van der Waals surface area (Å²) in [5, 5.41) is 9.52. The van der Waals surface area contributed by atoms with Gasteiger partial charge in [-0.05, 0) is 37.2 Å².